The molecule has 0 atom stereocenters. The zero-order valence-electron chi connectivity index (χ0n) is 14.8. The minimum absolute atomic E-state index is 0.0189. The third kappa shape index (κ3) is 7.83. The Balaban J connectivity index is 1.61. The summed E-state index contributed by atoms with van der Waals surface area (Å²) in [5, 5.41) is 11.3. The number of carboxylic acids is 1. The average molecular weight is 355 g/mol. The molecule has 26 heavy (non-hydrogen) atoms. The third-order valence-electron chi connectivity index (χ3n) is 3.95. The van der Waals surface area contributed by atoms with Crippen LogP contribution in [0.4, 0.5) is 0 Å². The van der Waals surface area contributed by atoms with Crippen LogP contribution in [-0.4, -0.2) is 30.1 Å². The Labute approximate surface area is 154 Å². The van der Waals surface area contributed by atoms with Gasteiger partial charge in [-0.1, -0.05) is 42.5 Å². The first kappa shape index (κ1) is 19.5. The summed E-state index contributed by atoms with van der Waals surface area (Å²) >= 11 is 0. The van der Waals surface area contributed by atoms with Crippen LogP contribution in [0.1, 0.15) is 30.4 Å². The van der Waals surface area contributed by atoms with Crippen molar-refractivity contribution in [3.8, 4) is 5.75 Å². The molecule has 2 rings (SSSR count). The Morgan fingerprint density at radius 1 is 0.885 bits per heavy atom. The summed E-state index contributed by atoms with van der Waals surface area (Å²) in [7, 11) is 0. The van der Waals surface area contributed by atoms with Crippen molar-refractivity contribution >= 4 is 11.9 Å². The van der Waals surface area contributed by atoms with Crippen molar-refractivity contribution < 1.29 is 19.4 Å². The molecule has 5 nitrogen and oxygen atoms in total. The Morgan fingerprint density at radius 2 is 1.58 bits per heavy atom. The number of benzene rings is 2. The van der Waals surface area contributed by atoms with Crippen molar-refractivity contribution in [3.05, 3.63) is 65.7 Å². The van der Waals surface area contributed by atoms with Crippen molar-refractivity contribution in [2.24, 2.45) is 0 Å². The molecule has 138 valence electrons. The molecule has 0 aliphatic rings. The highest BCUT2D eigenvalue weighted by Crippen LogP contribution is 2.13. The number of hydrogen-bond acceptors (Lipinski definition) is 3. The van der Waals surface area contributed by atoms with Crippen LogP contribution in [0, 0.1) is 0 Å². The minimum Gasteiger partial charge on any atom is -0.494 e. The number of ether oxygens (including phenoxy) is 1. The second-order valence-electron chi connectivity index (χ2n) is 6.08. The Kier molecular flexibility index (Phi) is 8.19. The maximum absolute atomic E-state index is 11.4. The van der Waals surface area contributed by atoms with Gasteiger partial charge in [-0.05, 0) is 42.5 Å². The maximum atomic E-state index is 11.4. The molecule has 0 heterocycles. The zero-order valence-corrected chi connectivity index (χ0v) is 14.8. The number of carboxylic acid groups (broad SMARTS) is 1. The van der Waals surface area contributed by atoms with Gasteiger partial charge >= 0.3 is 5.97 Å². The highest BCUT2D eigenvalue weighted by molar-refractivity contribution is 5.80. The molecule has 0 aliphatic heterocycles. The molecular weight excluding hydrogens is 330 g/mol. The molecule has 0 unspecified atom stereocenters. The van der Waals surface area contributed by atoms with Crippen molar-refractivity contribution in [1.29, 1.82) is 0 Å². The Hall–Kier alpha value is -2.82. The minimum atomic E-state index is -0.959. The van der Waals surface area contributed by atoms with Gasteiger partial charge in [0.25, 0.3) is 0 Å². The molecule has 0 spiro atoms. The first-order chi connectivity index (χ1) is 12.6. The molecule has 0 aliphatic carbocycles. The fourth-order valence-electron chi connectivity index (χ4n) is 2.52. The predicted octanol–water partition coefficient (Wildman–Crippen LogP) is 3.22. The quantitative estimate of drug-likeness (QED) is 0.607. The van der Waals surface area contributed by atoms with E-state index in [2.05, 4.69) is 17.4 Å². The van der Waals surface area contributed by atoms with Crippen molar-refractivity contribution in [1.82, 2.24) is 5.32 Å². The van der Waals surface area contributed by atoms with Crippen molar-refractivity contribution in [3.63, 3.8) is 0 Å². The first-order valence-electron chi connectivity index (χ1n) is 8.87. The molecule has 5 heteroatoms. The van der Waals surface area contributed by atoms with Gasteiger partial charge in [-0.3, -0.25) is 9.59 Å². The monoisotopic (exact) mass is 355 g/mol. The van der Waals surface area contributed by atoms with E-state index in [1.54, 1.807) is 0 Å². The summed E-state index contributed by atoms with van der Waals surface area (Å²) in [5.74, 6) is -0.349. The number of rotatable bonds is 11. The van der Waals surface area contributed by atoms with Crippen LogP contribution < -0.4 is 10.1 Å². The number of carbonyl (C=O) groups is 2. The van der Waals surface area contributed by atoms with E-state index in [0.29, 0.717) is 19.6 Å². The van der Waals surface area contributed by atoms with Gasteiger partial charge in [-0.2, -0.15) is 0 Å². The molecule has 0 fully saturated rings. The van der Waals surface area contributed by atoms with Gasteiger partial charge in [0.05, 0.1) is 13.0 Å². The smallest absolute Gasteiger partial charge is 0.303 e. The lowest BCUT2D eigenvalue weighted by molar-refractivity contribution is -0.138. The Morgan fingerprint density at radius 3 is 2.27 bits per heavy atom. The summed E-state index contributed by atoms with van der Waals surface area (Å²) in [6.45, 7) is 1.17. The standard InChI is InChI=1S/C21H25NO4/c23-20(12-13-21(24)25)22-15-14-18-8-10-19(11-9-18)26-16-4-7-17-5-2-1-3-6-17/h1-3,5-6,8-11H,4,7,12-16H2,(H,22,23)(H,24,25). The lowest BCUT2D eigenvalue weighted by atomic mass is 10.1. The highest BCUT2D eigenvalue weighted by Gasteiger charge is 2.04. The molecule has 0 bridgehead atoms. The topological polar surface area (TPSA) is 75.6 Å². The van der Waals surface area contributed by atoms with Crippen LogP contribution in [0.25, 0.3) is 0 Å². The van der Waals surface area contributed by atoms with E-state index in [4.69, 9.17) is 9.84 Å². The van der Waals surface area contributed by atoms with Gasteiger partial charge in [-0.15, -0.1) is 0 Å². The molecule has 0 saturated heterocycles. The Bertz CT molecular complexity index is 683. The number of nitrogens with one attached hydrogen (secondary N) is 1. The summed E-state index contributed by atoms with van der Waals surface area (Å²) in [6, 6.07) is 18.2. The number of carbonyl (C=O) groups excluding carboxylic acids is 1. The summed E-state index contributed by atoms with van der Waals surface area (Å²) in [6.07, 6.45) is 2.55. The number of aliphatic carboxylic acids is 1. The SMILES string of the molecule is O=C(O)CCC(=O)NCCc1ccc(OCCCc2ccccc2)cc1. The molecule has 0 radical (unpaired) electrons. The van der Waals surface area contributed by atoms with Crippen LogP contribution in [0.5, 0.6) is 5.75 Å². The second kappa shape index (κ2) is 10.9. The number of hydrogen-bond donors (Lipinski definition) is 2. The summed E-state index contributed by atoms with van der Waals surface area (Å²) in [5.41, 5.74) is 2.41. The predicted molar refractivity (Wildman–Crippen MR) is 100 cm³/mol. The molecule has 0 aromatic heterocycles. The van der Waals surface area contributed by atoms with Crippen molar-refractivity contribution in [2.45, 2.75) is 32.1 Å². The molecule has 2 aromatic rings. The molecule has 2 aromatic carbocycles. The van der Waals surface area contributed by atoms with Gasteiger partial charge in [-0.25, -0.2) is 0 Å². The fourth-order valence-corrected chi connectivity index (χ4v) is 2.52. The van der Waals surface area contributed by atoms with E-state index >= 15 is 0 Å². The van der Waals surface area contributed by atoms with Crippen LogP contribution in [0.3, 0.4) is 0 Å². The van der Waals surface area contributed by atoms with Gasteiger partial charge in [0.1, 0.15) is 5.75 Å². The van der Waals surface area contributed by atoms with E-state index in [9.17, 15) is 9.59 Å². The molecule has 0 saturated carbocycles. The largest absolute Gasteiger partial charge is 0.494 e. The fraction of sp³-hybridized carbons (Fsp3) is 0.333. The van der Waals surface area contributed by atoms with Gasteiger partial charge < -0.3 is 15.2 Å². The van der Waals surface area contributed by atoms with Crippen LogP contribution >= 0.6 is 0 Å². The lowest BCUT2D eigenvalue weighted by Gasteiger charge is -2.08. The molecular formula is C21H25NO4. The number of aryl methyl sites for hydroxylation is 1. The van der Waals surface area contributed by atoms with Crippen LogP contribution in [-0.2, 0) is 22.4 Å². The lowest BCUT2D eigenvalue weighted by Crippen LogP contribution is -2.25. The van der Waals surface area contributed by atoms with E-state index < -0.39 is 5.97 Å². The second-order valence-corrected chi connectivity index (χ2v) is 6.08. The average Bonchev–Trinajstić information content (AvgIpc) is 2.65. The van der Waals surface area contributed by atoms with Crippen LogP contribution in [0.15, 0.2) is 54.6 Å². The van der Waals surface area contributed by atoms with Crippen molar-refractivity contribution in [2.75, 3.05) is 13.2 Å². The van der Waals surface area contributed by atoms with E-state index in [1.165, 1.54) is 5.56 Å². The van der Waals surface area contributed by atoms with E-state index in [-0.39, 0.29) is 18.7 Å². The van der Waals surface area contributed by atoms with E-state index in [0.717, 1.165) is 24.2 Å². The summed E-state index contributed by atoms with van der Waals surface area (Å²) in [4.78, 5) is 21.9. The zero-order chi connectivity index (χ0) is 18.6. The van der Waals surface area contributed by atoms with Gasteiger partial charge in [0, 0.05) is 13.0 Å². The molecule has 2 N–H and O–H groups in total. The third-order valence-corrected chi connectivity index (χ3v) is 3.95. The normalized spacial score (nSPS) is 10.3. The van der Waals surface area contributed by atoms with Gasteiger partial charge in [0.15, 0.2) is 0 Å². The van der Waals surface area contributed by atoms with Gasteiger partial charge in [0.2, 0.25) is 5.91 Å². The summed E-state index contributed by atoms with van der Waals surface area (Å²) < 4.78 is 5.75. The molecule has 1 amide bonds. The van der Waals surface area contributed by atoms with E-state index in [1.807, 2.05) is 42.5 Å². The highest BCUT2D eigenvalue weighted by atomic mass is 16.5. The first-order valence-corrected chi connectivity index (χ1v) is 8.87. The maximum Gasteiger partial charge on any atom is 0.303 e. The van der Waals surface area contributed by atoms with Crippen LogP contribution in [0.2, 0.25) is 0 Å². The number of amides is 1.